The van der Waals surface area contributed by atoms with Crippen molar-refractivity contribution in [2.24, 2.45) is 0 Å². The van der Waals surface area contributed by atoms with Gasteiger partial charge in [0.25, 0.3) is 11.8 Å². The molecule has 8 heteroatoms. The van der Waals surface area contributed by atoms with Gasteiger partial charge in [0.15, 0.2) is 0 Å². The molecule has 1 aromatic carbocycles. The second-order valence-electron chi connectivity index (χ2n) is 5.51. The molecule has 2 aromatic rings. The number of thiophene rings is 1. The Morgan fingerprint density at radius 2 is 1.89 bits per heavy atom. The first-order valence-corrected chi connectivity index (χ1v) is 9.32. The number of urea groups is 1. The van der Waals surface area contributed by atoms with Gasteiger partial charge in [-0.05, 0) is 54.4 Å². The molecule has 0 atom stereocenters. The van der Waals surface area contributed by atoms with Gasteiger partial charge in [0.2, 0.25) is 0 Å². The van der Waals surface area contributed by atoms with E-state index in [2.05, 4.69) is 5.32 Å². The smallest absolute Gasteiger partial charge is 0.336 e. The number of nitrogens with one attached hydrogen (secondary N) is 1. The first kappa shape index (κ1) is 18.7. The highest BCUT2D eigenvalue weighted by molar-refractivity contribution is 7.08. The van der Waals surface area contributed by atoms with Gasteiger partial charge in [0, 0.05) is 6.07 Å². The molecule has 1 aliphatic heterocycles. The minimum absolute atomic E-state index is 0.128. The zero-order valence-electron chi connectivity index (χ0n) is 14.9. The molecule has 2 heterocycles. The third-order valence-corrected chi connectivity index (χ3v) is 4.44. The van der Waals surface area contributed by atoms with Crippen LogP contribution in [-0.4, -0.2) is 31.1 Å². The average Bonchev–Trinajstić information content (AvgIpc) is 3.14. The van der Waals surface area contributed by atoms with Crippen LogP contribution >= 0.6 is 11.3 Å². The van der Waals surface area contributed by atoms with Crippen LogP contribution in [0.2, 0.25) is 0 Å². The third-order valence-electron chi connectivity index (χ3n) is 3.74. The Balaban J connectivity index is 2.06. The number of hydrogen-bond acceptors (Lipinski definition) is 6. The molecule has 0 radical (unpaired) electrons. The summed E-state index contributed by atoms with van der Waals surface area (Å²) in [7, 11) is 0. The van der Waals surface area contributed by atoms with Gasteiger partial charge in [0.1, 0.15) is 17.1 Å². The first-order chi connectivity index (χ1) is 13.0. The number of hydrogen-bond donors (Lipinski definition) is 1. The number of benzene rings is 1. The van der Waals surface area contributed by atoms with Crippen molar-refractivity contribution in [3.8, 4) is 11.5 Å². The standard InChI is InChI=1S/C19H18N2O5S/c1-3-25-13-5-6-16(26-4-2)15(10-13)21-18(23)14(17(22)20-19(21)24)9-12-7-8-27-11-12/h5-11H,3-4H2,1-2H3,(H,20,22,24)/b14-9+. The van der Waals surface area contributed by atoms with E-state index in [0.717, 1.165) is 4.90 Å². The van der Waals surface area contributed by atoms with E-state index in [0.29, 0.717) is 30.3 Å². The summed E-state index contributed by atoms with van der Waals surface area (Å²) in [5.74, 6) is -0.624. The second-order valence-corrected chi connectivity index (χ2v) is 6.29. The zero-order chi connectivity index (χ0) is 19.4. The van der Waals surface area contributed by atoms with Crippen LogP contribution < -0.4 is 19.7 Å². The number of amides is 4. The maximum Gasteiger partial charge on any atom is 0.336 e. The molecule has 1 N–H and O–H groups in total. The molecule has 0 bridgehead atoms. The lowest BCUT2D eigenvalue weighted by Crippen LogP contribution is -2.54. The lowest BCUT2D eigenvalue weighted by atomic mass is 10.1. The Morgan fingerprint density at radius 1 is 1.11 bits per heavy atom. The number of nitrogens with zero attached hydrogens (tertiary/aromatic N) is 1. The molecule has 4 amide bonds. The zero-order valence-corrected chi connectivity index (χ0v) is 15.7. The second kappa shape index (κ2) is 8.05. The summed E-state index contributed by atoms with van der Waals surface area (Å²) in [5, 5.41) is 5.84. The molecule has 140 valence electrons. The van der Waals surface area contributed by atoms with Gasteiger partial charge >= 0.3 is 6.03 Å². The Labute approximate surface area is 160 Å². The molecule has 0 unspecified atom stereocenters. The van der Waals surface area contributed by atoms with E-state index in [1.54, 1.807) is 36.6 Å². The highest BCUT2D eigenvalue weighted by atomic mass is 32.1. The third kappa shape index (κ3) is 3.85. The summed E-state index contributed by atoms with van der Waals surface area (Å²) in [6, 6.07) is 5.81. The number of anilines is 1. The van der Waals surface area contributed by atoms with Gasteiger partial charge in [-0.1, -0.05) is 0 Å². The van der Waals surface area contributed by atoms with E-state index in [9.17, 15) is 14.4 Å². The van der Waals surface area contributed by atoms with Gasteiger partial charge in [-0.2, -0.15) is 11.3 Å². The SMILES string of the molecule is CCOc1ccc(OCC)c(N2C(=O)NC(=O)/C(=C\c3ccsc3)C2=O)c1. The van der Waals surface area contributed by atoms with E-state index in [-0.39, 0.29) is 11.3 Å². The molecule has 7 nitrogen and oxygen atoms in total. The molecule has 1 fully saturated rings. The van der Waals surface area contributed by atoms with Crippen molar-refractivity contribution >= 4 is 40.9 Å². The normalized spacial score (nSPS) is 15.9. The van der Waals surface area contributed by atoms with E-state index in [4.69, 9.17) is 9.47 Å². The molecule has 1 aliphatic rings. The summed E-state index contributed by atoms with van der Waals surface area (Å²) in [4.78, 5) is 38.5. The minimum atomic E-state index is -0.831. The molecule has 1 aromatic heterocycles. The Kier molecular flexibility index (Phi) is 5.56. The van der Waals surface area contributed by atoms with E-state index >= 15 is 0 Å². The first-order valence-electron chi connectivity index (χ1n) is 8.38. The highest BCUT2D eigenvalue weighted by Crippen LogP contribution is 2.35. The summed E-state index contributed by atoms with van der Waals surface area (Å²) in [6.07, 6.45) is 1.46. The molecule has 1 saturated heterocycles. The molecular weight excluding hydrogens is 368 g/mol. The van der Waals surface area contributed by atoms with E-state index in [1.807, 2.05) is 12.3 Å². The summed E-state index contributed by atoms with van der Waals surface area (Å²) in [5.41, 5.74) is 0.798. The van der Waals surface area contributed by atoms with Crippen LogP contribution in [0.25, 0.3) is 6.08 Å². The van der Waals surface area contributed by atoms with Crippen LogP contribution in [0.15, 0.2) is 40.6 Å². The topological polar surface area (TPSA) is 84.9 Å². The Morgan fingerprint density at radius 3 is 2.56 bits per heavy atom. The molecular formula is C19H18N2O5S. The van der Waals surface area contributed by atoms with Crippen molar-refractivity contribution in [3.05, 3.63) is 46.2 Å². The maximum absolute atomic E-state index is 13.0. The van der Waals surface area contributed by atoms with Crippen molar-refractivity contribution in [1.29, 1.82) is 0 Å². The maximum atomic E-state index is 13.0. The van der Waals surface area contributed by atoms with Gasteiger partial charge in [-0.3, -0.25) is 14.9 Å². The quantitative estimate of drug-likeness (QED) is 0.609. The fourth-order valence-corrected chi connectivity index (χ4v) is 3.22. The monoisotopic (exact) mass is 386 g/mol. The van der Waals surface area contributed by atoms with Crippen molar-refractivity contribution in [2.75, 3.05) is 18.1 Å². The number of carbonyl (C=O) groups is 3. The van der Waals surface area contributed by atoms with E-state index < -0.39 is 17.8 Å². The van der Waals surface area contributed by atoms with Crippen LogP contribution in [0.5, 0.6) is 11.5 Å². The summed E-state index contributed by atoms with van der Waals surface area (Å²) in [6.45, 7) is 4.40. The summed E-state index contributed by atoms with van der Waals surface area (Å²) < 4.78 is 11.0. The van der Waals surface area contributed by atoms with Crippen molar-refractivity contribution in [2.45, 2.75) is 13.8 Å². The van der Waals surface area contributed by atoms with Crippen molar-refractivity contribution in [1.82, 2.24) is 5.32 Å². The van der Waals surface area contributed by atoms with Crippen LogP contribution in [-0.2, 0) is 9.59 Å². The van der Waals surface area contributed by atoms with Gasteiger partial charge in [-0.25, -0.2) is 9.69 Å². The van der Waals surface area contributed by atoms with Crippen LogP contribution in [0.4, 0.5) is 10.5 Å². The fraction of sp³-hybridized carbons (Fsp3) is 0.211. The van der Waals surface area contributed by atoms with Gasteiger partial charge in [-0.15, -0.1) is 0 Å². The Hall–Kier alpha value is -3.13. The fourth-order valence-electron chi connectivity index (χ4n) is 2.61. The number of rotatable bonds is 6. The van der Waals surface area contributed by atoms with Crippen LogP contribution in [0.3, 0.4) is 0 Å². The minimum Gasteiger partial charge on any atom is -0.494 e. The molecule has 0 spiro atoms. The molecule has 27 heavy (non-hydrogen) atoms. The lowest BCUT2D eigenvalue weighted by molar-refractivity contribution is -0.122. The van der Waals surface area contributed by atoms with Crippen LogP contribution in [0, 0.1) is 0 Å². The number of carbonyl (C=O) groups excluding carboxylic acids is 3. The molecule has 0 saturated carbocycles. The number of ether oxygens (including phenoxy) is 2. The van der Waals surface area contributed by atoms with Gasteiger partial charge in [0.05, 0.1) is 18.9 Å². The lowest BCUT2D eigenvalue weighted by Gasteiger charge is -2.28. The van der Waals surface area contributed by atoms with Crippen molar-refractivity contribution < 1.29 is 23.9 Å². The predicted octanol–water partition coefficient (Wildman–Crippen LogP) is 3.21. The number of imide groups is 2. The highest BCUT2D eigenvalue weighted by Gasteiger charge is 2.38. The average molecular weight is 386 g/mol. The predicted molar refractivity (Wildman–Crippen MR) is 102 cm³/mol. The van der Waals surface area contributed by atoms with Crippen molar-refractivity contribution in [3.63, 3.8) is 0 Å². The van der Waals surface area contributed by atoms with E-state index in [1.165, 1.54) is 17.4 Å². The van der Waals surface area contributed by atoms with Crippen LogP contribution in [0.1, 0.15) is 19.4 Å². The van der Waals surface area contributed by atoms with Gasteiger partial charge < -0.3 is 9.47 Å². The molecule has 3 rings (SSSR count). The summed E-state index contributed by atoms with van der Waals surface area (Å²) >= 11 is 1.44. The Bertz CT molecular complexity index is 905. The molecule has 0 aliphatic carbocycles. The number of barbiturate groups is 1. The largest absolute Gasteiger partial charge is 0.494 e.